The van der Waals surface area contributed by atoms with Gasteiger partial charge in [-0.2, -0.15) is 4.98 Å². The topological polar surface area (TPSA) is 89.9 Å². The maximum atomic E-state index is 5.67. The molecule has 0 aliphatic heterocycles. The van der Waals surface area contributed by atoms with Crippen LogP contribution < -0.4 is 11.1 Å². The van der Waals surface area contributed by atoms with Crippen LogP contribution in [-0.4, -0.2) is 15.1 Å². The first-order chi connectivity index (χ1) is 7.65. The van der Waals surface area contributed by atoms with Crippen molar-refractivity contribution in [2.24, 2.45) is 0 Å². The van der Waals surface area contributed by atoms with Gasteiger partial charge in [-0.3, -0.25) is 0 Å². The van der Waals surface area contributed by atoms with Crippen molar-refractivity contribution in [2.45, 2.75) is 13.5 Å². The fourth-order valence-electron chi connectivity index (χ4n) is 1.18. The van der Waals surface area contributed by atoms with Crippen LogP contribution in [0, 0.1) is 6.92 Å². The van der Waals surface area contributed by atoms with Gasteiger partial charge in [-0.25, -0.2) is 4.98 Å². The molecular formula is C9H10ClN5O. The first kappa shape index (κ1) is 10.7. The standard InChI is InChI=1S/C9H10ClN5O/c1-5-2-6(16-15-5)3-12-8-7(11)4-13-9(10)14-8/h2,4H,3,11H2,1H3,(H,12,13,14). The highest BCUT2D eigenvalue weighted by Gasteiger charge is 2.05. The zero-order chi connectivity index (χ0) is 11.5. The Morgan fingerprint density at radius 1 is 1.56 bits per heavy atom. The Labute approximate surface area is 96.8 Å². The van der Waals surface area contributed by atoms with E-state index >= 15 is 0 Å². The average molecular weight is 240 g/mol. The van der Waals surface area contributed by atoms with Gasteiger partial charge in [0.15, 0.2) is 11.6 Å². The SMILES string of the molecule is Cc1cc(CNc2nc(Cl)ncc2N)on1. The summed E-state index contributed by atoms with van der Waals surface area (Å²) in [6, 6.07) is 1.83. The van der Waals surface area contributed by atoms with E-state index in [0.717, 1.165) is 5.69 Å². The van der Waals surface area contributed by atoms with Gasteiger partial charge >= 0.3 is 0 Å². The van der Waals surface area contributed by atoms with E-state index in [-0.39, 0.29) is 5.28 Å². The third-order valence-corrected chi connectivity index (χ3v) is 2.08. The molecule has 3 N–H and O–H groups in total. The van der Waals surface area contributed by atoms with Gasteiger partial charge in [-0.1, -0.05) is 5.16 Å². The van der Waals surface area contributed by atoms with Crippen LogP contribution in [0.1, 0.15) is 11.5 Å². The molecule has 0 aromatic carbocycles. The molecule has 0 bridgehead atoms. The number of nitrogen functional groups attached to an aromatic ring is 1. The van der Waals surface area contributed by atoms with Gasteiger partial charge in [0.05, 0.1) is 24.1 Å². The van der Waals surface area contributed by atoms with Gasteiger partial charge in [-0.15, -0.1) is 0 Å². The lowest BCUT2D eigenvalue weighted by Crippen LogP contribution is -2.04. The maximum absolute atomic E-state index is 5.67. The minimum absolute atomic E-state index is 0.144. The van der Waals surface area contributed by atoms with E-state index in [0.29, 0.717) is 23.8 Å². The molecule has 0 spiro atoms. The molecule has 2 rings (SSSR count). The van der Waals surface area contributed by atoms with Crippen molar-refractivity contribution in [1.82, 2.24) is 15.1 Å². The minimum Gasteiger partial charge on any atom is -0.394 e. The minimum atomic E-state index is 0.144. The molecule has 7 heteroatoms. The molecule has 2 heterocycles. The monoisotopic (exact) mass is 239 g/mol. The van der Waals surface area contributed by atoms with Gasteiger partial charge in [0.2, 0.25) is 5.28 Å². The Morgan fingerprint density at radius 2 is 2.38 bits per heavy atom. The molecule has 0 amide bonds. The van der Waals surface area contributed by atoms with Crippen molar-refractivity contribution in [2.75, 3.05) is 11.1 Å². The Morgan fingerprint density at radius 3 is 3.06 bits per heavy atom. The fraction of sp³-hybridized carbons (Fsp3) is 0.222. The van der Waals surface area contributed by atoms with Crippen LogP contribution in [0.4, 0.5) is 11.5 Å². The number of hydrogen-bond donors (Lipinski definition) is 2. The molecule has 0 radical (unpaired) electrons. The largest absolute Gasteiger partial charge is 0.394 e. The summed E-state index contributed by atoms with van der Waals surface area (Å²) in [4.78, 5) is 7.70. The number of aryl methyl sites for hydroxylation is 1. The summed E-state index contributed by atoms with van der Waals surface area (Å²) in [5.74, 6) is 1.18. The Kier molecular flexibility index (Phi) is 2.91. The molecule has 0 fully saturated rings. The van der Waals surface area contributed by atoms with Crippen LogP contribution in [0.15, 0.2) is 16.8 Å². The molecule has 84 valence electrons. The molecule has 0 aliphatic rings. The predicted molar refractivity (Wildman–Crippen MR) is 60.0 cm³/mol. The van der Waals surface area contributed by atoms with Crippen molar-refractivity contribution < 1.29 is 4.52 Å². The van der Waals surface area contributed by atoms with E-state index in [1.807, 2.05) is 13.0 Å². The lowest BCUT2D eigenvalue weighted by molar-refractivity contribution is 0.384. The quantitative estimate of drug-likeness (QED) is 0.791. The van der Waals surface area contributed by atoms with E-state index in [4.69, 9.17) is 21.9 Å². The number of rotatable bonds is 3. The lowest BCUT2D eigenvalue weighted by atomic mass is 10.4. The smallest absolute Gasteiger partial charge is 0.224 e. The lowest BCUT2D eigenvalue weighted by Gasteiger charge is -2.05. The number of nitrogens with zero attached hydrogens (tertiary/aromatic N) is 3. The molecule has 6 nitrogen and oxygen atoms in total. The van der Waals surface area contributed by atoms with Gasteiger partial charge in [0, 0.05) is 6.07 Å². The Balaban J connectivity index is 2.07. The van der Waals surface area contributed by atoms with Gasteiger partial charge in [0.1, 0.15) is 0 Å². The summed E-state index contributed by atoms with van der Waals surface area (Å²) >= 11 is 5.65. The summed E-state index contributed by atoms with van der Waals surface area (Å²) in [6.07, 6.45) is 1.45. The third kappa shape index (κ3) is 2.40. The van der Waals surface area contributed by atoms with E-state index < -0.39 is 0 Å². The van der Waals surface area contributed by atoms with Crippen molar-refractivity contribution in [3.8, 4) is 0 Å². The second-order valence-corrected chi connectivity index (χ2v) is 3.57. The highest BCUT2D eigenvalue weighted by atomic mass is 35.5. The summed E-state index contributed by atoms with van der Waals surface area (Å²) < 4.78 is 5.03. The number of nitrogens with two attached hydrogens (primary N) is 1. The zero-order valence-electron chi connectivity index (χ0n) is 8.57. The molecule has 16 heavy (non-hydrogen) atoms. The van der Waals surface area contributed by atoms with Crippen molar-refractivity contribution in [3.05, 3.63) is 29.0 Å². The molecule has 0 saturated heterocycles. The number of nitrogens with one attached hydrogen (secondary N) is 1. The van der Waals surface area contributed by atoms with Crippen LogP contribution in [0.3, 0.4) is 0 Å². The van der Waals surface area contributed by atoms with Crippen molar-refractivity contribution >= 4 is 23.1 Å². The first-order valence-electron chi connectivity index (χ1n) is 4.59. The summed E-state index contributed by atoms with van der Waals surface area (Å²) in [6.45, 7) is 2.29. The van der Waals surface area contributed by atoms with Crippen LogP contribution >= 0.6 is 11.6 Å². The fourth-order valence-corrected chi connectivity index (χ4v) is 1.31. The van der Waals surface area contributed by atoms with Crippen LogP contribution in [0.2, 0.25) is 5.28 Å². The highest BCUT2D eigenvalue weighted by Crippen LogP contribution is 2.16. The van der Waals surface area contributed by atoms with Crippen LogP contribution in [0.5, 0.6) is 0 Å². The van der Waals surface area contributed by atoms with E-state index in [1.165, 1.54) is 6.20 Å². The molecular weight excluding hydrogens is 230 g/mol. The Hall–Kier alpha value is -1.82. The number of aromatic nitrogens is 3. The molecule has 0 unspecified atom stereocenters. The van der Waals surface area contributed by atoms with Crippen molar-refractivity contribution in [3.63, 3.8) is 0 Å². The molecule has 0 atom stereocenters. The molecule has 2 aromatic heterocycles. The van der Waals surface area contributed by atoms with Crippen molar-refractivity contribution in [1.29, 1.82) is 0 Å². The average Bonchev–Trinajstić information content (AvgIpc) is 2.66. The Bertz CT molecular complexity index is 498. The van der Waals surface area contributed by atoms with Gasteiger partial charge in [0.25, 0.3) is 0 Å². The number of hydrogen-bond acceptors (Lipinski definition) is 6. The highest BCUT2D eigenvalue weighted by molar-refractivity contribution is 6.28. The van der Waals surface area contributed by atoms with E-state index in [9.17, 15) is 0 Å². The number of anilines is 2. The summed E-state index contributed by atoms with van der Waals surface area (Å²) in [5.41, 5.74) is 6.92. The first-order valence-corrected chi connectivity index (χ1v) is 4.97. The van der Waals surface area contributed by atoms with Crippen LogP contribution in [-0.2, 0) is 6.54 Å². The van der Waals surface area contributed by atoms with Gasteiger partial charge in [-0.05, 0) is 18.5 Å². The summed E-state index contributed by atoms with van der Waals surface area (Å²) in [7, 11) is 0. The number of halogens is 1. The second kappa shape index (κ2) is 4.36. The second-order valence-electron chi connectivity index (χ2n) is 3.23. The molecule has 2 aromatic rings. The van der Waals surface area contributed by atoms with E-state index in [2.05, 4.69) is 20.4 Å². The zero-order valence-corrected chi connectivity index (χ0v) is 9.32. The van der Waals surface area contributed by atoms with Gasteiger partial charge < -0.3 is 15.6 Å². The maximum Gasteiger partial charge on any atom is 0.224 e. The summed E-state index contributed by atoms with van der Waals surface area (Å²) in [5, 5.41) is 6.90. The normalized spacial score (nSPS) is 10.4. The third-order valence-electron chi connectivity index (χ3n) is 1.89. The van der Waals surface area contributed by atoms with Crippen LogP contribution in [0.25, 0.3) is 0 Å². The van der Waals surface area contributed by atoms with E-state index in [1.54, 1.807) is 0 Å². The predicted octanol–water partition coefficient (Wildman–Crippen LogP) is 1.62. The molecule has 0 aliphatic carbocycles. The molecule has 0 saturated carbocycles.